The van der Waals surface area contributed by atoms with Gasteiger partial charge < -0.3 is 14.8 Å². The third kappa shape index (κ3) is 3.23. The lowest BCUT2D eigenvalue weighted by Gasteiger charge is -2.55. The molecule has 0 unspecified atom stereocenters. The molecule has 2 heterocycles. The first-order chi connectivity index (χ1) is 13.8. The van der Waals surface area contributed by atoms with E-state index in [1.54, 1.807) is 19.1 Å². The van der Waals surface area contributed by atoms with Gasteiger partial charge in [-0.3, -0.25) is 9.69 Å². The normalized spacial score (nSPS) is 25.0. The first kappa shape index (κ1) is 20.3. The molecular weight excluding hydrogens is 431 g/mol. The zero-order valence-electron chi connectivity index (χ0n) is 16.2. The van der Waals surface area contributed by atoms with Crippen molar-refractivity contribution in [3.63, 3.8) is 0 Å². The number of anilines is 1. The number of halogens is 2. The summed E-state index contributed by atoms with van der Waals surface area (Å²) in [5, 5.41) is 4.58. The van der Waals surface area contributed by atoms with Crippen molar-refractivity contribution in [1.29, 1.82) is 0 Å². The van der Waals surface area contributed by atoms with E-state index in [4.69, 9.17) is 44.9 Å². The second kappa shape index (κ2) is 7.35. The molecule has 1 N–H and O–H groups in total. The summed E-state index contributed by atoms with van der Waals surface area (Å²) in [5.41, 5.74) is 1.46. The molecule has 3 atom stereocenters. The highest BCUT2D eigenvalue weighted by atomic mass is 35.5. The monoisotopic (exact) mass is 450 g/mol. The molecule has 152 valence electrons. The fourth-order valence-electron chi connectivity index (χ4n) is 4.08. The molecule has 0 amide bonds. The molecule has 2 aromatic carbocycles. The predicted octanol–water partition coefficient (Wildman–Crippen LogP) is 5.03. The molecular formula is C21H20Cl2N2O3S. The van der Waals surface area contributed by atoms with Crippen molar-refractivity contribution in [2.75, 3.05) is 11.5 Å². The maximum absolute atomic E-state index is 13.1. The van der Waals surface area contributed by atoms with Crippen LogP contribution in [0, 0.1) is 12.8 Å². The first-order valence-electron chi connectivity index (χ1n) is 9.28. The number of hydrogen-bond donors (Lipinski definition) is 1. The number of fused-ring (bicyclic) bond motifs is 4. The van der Waals surface area contributed by atoms with Crippen molar-refractivity contribution >= 4 is 52.2 Å². The van der Waals surface area contributed by atoms with Crippen LogP contribution in [-0.4, -0.2) is 23.4 Å². The zero-order chi connectivity index (χ0) is 20.9. The average molecular weight is 451 g/mol. The summed E-state index contributed by atoms with van der Waals surface area (Å²) in [4.78, 5) is 14.9. The summed E-state index contributed by atoms with van der Waals surface area (Å²) in [6, 6.07) is 10.7. The first-order valence-corrected chi connectivity index (χ1v) is 10.4. The van der Waals surface area contributed by atoms with E-state index in [2.05, 4.69) is 5.32 Å². The lowest BCUT2D eigenvalue weighted by Crippen LogP contribution is -2.71. The van der Waals surface area contributed by atoms with E-state index in [1.165, 1.54) is 0 Å². The Morgan fingerprint density at radius 2 is 2.00 bits per heavy atom. The van der Waals surface area contributed by atoms with Gasteiger partial charge >= 0.3 is 5.97 Å². The Morgan fingerprint density at radius 1 is 1.31 bits per heavy atom. The Balaban J connectivity index is 1.92. The fraction of sp³-hybridized carbons (Fsp3) is 0.333. The number of benzene rings is 2. The quantitative estimate of drug-likeness (QED) is 0.522. The summed E-state index contributed by atoms with van der Waals surface area (Å²) in [6.45, 7) is 5.88. The highest BCUT2D eigenvalue weighted by Crippen LogP contribution is 2.52. The number of hydrogen-bond acceptors (Lipinski definition) is 4. The zero-order valence-corrected chi connectivity index (χ0v) is 18.5. The highest BCUT2D eigenvalue weighted by Gasteiger charge is 2.60. The minimum Gasteiger partial charge on any atom is -0.466 e. The number of nitrogens with zero attached hydrogens (tertiary/aromatic N) is 1. The number of aryl methyl sites for hydroxylation is 1. The minimum absolute atomic E-state index is 0.260. The summed E-state index contributed by atoms with van der Waals surface area (Å²) in [6.07, 6.45) is 0. The molecule has 2 aliphatic rings. The lowest BCUT2D eigenvalue weighted by atomic mass is 9.79. The number of thiocarbonyl (C=S) groups is 1. The van der Waals surface area contributed by atoms with Crippen LogP contribution in [0.1, 0.15) is 31.0 Å². The predicted molar refractivity (Wildman–Crippen MR) is 118 cm³/mol. The maximum atomic E-state index is 13.1. The molecule has 2 aliphatic heterocycles. The largest absolute Gasteiger partial charge is 0.466 e. The number of esters is 1. The van der Waals surface area contributed by atoms with Crippen LogP contribution in [0.5, 0.6) is 5.75 Å². The third-order valence-corrected chi connectivity index (χ3v) is 6.15. The standard InChI is InChI=1S/C21H20Cl2N2O3S/c1-4-27-19(26)16-17-14-9-12(22)10-15(23)18(14)28-21(16,3)25(20(29)24-17)13-7-5-11(2)6-8-13/h5-10,16-17H,4H2,1-3H3,(H,24,29)/t16-,17+,21-/m0/s1. The van der Waals surface area contributed by atoms with Gasteiger partial charge in [-0.1, -0.05) is 40.9 Å². The van der Waals surface area contributed by atoms with Crippen LogP contribution < -0.4 is 15.0 Å². The Kier molecular flexibility index (Phi) is 5.13. The van der Waals surface area contributed by atoms with Gasteiger partial charge in [0.15, 0.2) is 5.11 Å². The van der Waals surface area contributed by atoms with Gasteiger partial charge in [0.1, 0.15) is 11.7 Å². The molecule has 0 spiro atoms. The van der Waals surface area contributed by atoms with Crippen LogP contribution >= 0.6 is 35.4 Å². The van der Waals surface area contributed by atoms with E-state index in [9.17, 15) is 4.79 Å². The van der Waals surface area contributed by atoms with E-state index in [1.807, 2.05) is 43.0 Å². The van der Waals surface area contributed by atoms with E-state index in [-0.39, 0.29) is 12.6 Å². The Labute approximate surface area is 184 Å². The highest BCUT2D eigenvalue weighted by molar-refractivity contribution is 7.80. The van der Waals surface area contributed by atoms with Gasteiger partial charge in [0.05, 0.1) is 17.7 Å². The molecule has 1 fully saturated rings. The molecule has 2 aromatic rings. The average Bonchev–Trinajstić information content (AvgIpc) is 2.64. The summed E-state index contributed by atoms with van der Waals surface area (Å²) >= 11 is 18.4. The fourth-order valence-corrected chi connectivity index (χ4v) is 5.04. The molecule has 2 bridgehead atoms. The second-order valence-electron chi connectivity index (χ2n) is 7.29. The van der Waals surface area contributed by atoms with Gasteiger partial charge in [-0.25, -0.2) is 0 Å². The number of ether oxygens (including phenoxy) is 2. The number of nitrogens with one attached hydrogen (secondary N) is 1. The van der Waals surface area contributed by atoms with E-state index in [0.29, 0.717) is 26.5 Å². The van der Waals surface area contributed by atoms with Crippen molar-refractivity contribution in [3.05, 3.63) is 57.6 Å². The molecule has 0 radical (unpaired) electrons. The van der Waals surface area contributed by atoms with Crippen LogP contribution in [0.4, 0.5) is 5.69 Å². The summed E-state index contributed by atoms with van der Waals surface area (Å²) in [5.74, 6) is -0.595. The molecule has 4 rings (SSSR count). The molecule has 5 nitrogen and oxygen atoms in total. The van der Waals surface area contributed by atoms with Gasteiger partial charge in [0, 0.05) is 16.3 Å². The van der Waals surface area contributed by atoms with Gasteiger partial charge in [-0.05, 0) is 57.3 Å². The van der Waals surface area contributed by atoms with Gasteiger partial charge in [-0.15, -0.1) is 0 Å². The van der Waals surface area contributed by atoms with E-state index >= 15 is 0 Å². The molecule has 29 heavy (non-hydrogen) atoms. The van der Waals surface area contributed by atoms with E-state index < -0.39 is 17.7 Å². The SMILES string of the molecule is CCOC(=O)[C@@H]1[C@@H]2NC(=S)N(c3ccc(C)cc3)[C@@]1(C)Oc1c(Cl)cc(Cl)cc12. The summed E-state index contributed by atoms with van der Waals surface area (Å²) < 4.78 is 11.8. The van der Waals surface area contributed by atoms with Crippen LogP contribution in [-0.2, 0) is 9.53 Å². The second-order valence-corrected chi connectivity index (χ2v) is 8.52. The van der Waals surface area contributed by atoms with Crippen molar-refractivity contribution in [2.24, 2.45) is 5.92 Å². The van der Waals surface area contributed by atoms with Crippen LogP contribution in [0.3, 0.4) is 0 Å². The topological polar surface area (TPSA) is 50.8 Å². The molecule has 0 aliphatic carbocycles. The lowest BCUT2D eigenvalue weighted by molar-refractivity contribution is -0.159. The van der Waals surface area contributed by atoms with E-state index in [0.717, 1.165) is 11.3 Å². The molecule has 0 aromatic heterocycles. The van der Waals surface area contributed by atoms with Crippen LogP contribution in [0.15, 0.2) is 36.4 Å². The van der Waals surface area contributed by atoms with Crippen LogP contribution in [0.2, 0.25) is 10.0 Å². The molecule has 0 saturated carbocycles. The smallest absolute Gasteiger partial charge is 0.317 e. The molecule has 8 heteroatoms. The number of carbonyl (C=O) groups is 1. The minimum atomic E-state index is -1.14. The maximum Gasteiger partial charge on any atom is 0.317 e. The third-order valence-electron chi connectivity index (χ3n) is 5.35. The number of carbonyl (C=O) groups excluding carboxylic acids is 1. The van der Waals surface area contributed by atoms with Crippen molar-refractivity contribution in [2.45, 2.75) is 32.5 Å². The van der Waals surface area contributed by atoms with Gasteiger partial charge in [0.25, 0.3) is 0 Å². The molecule has 1 saturated heterocycles. The Bertz CT molecular complexity index is 998. The van der Waals surface area contributed by atoms with Gasteiger partial charge in [0.2, 0.25) is 5.72 Å². The van der Waals surface area contributed by atoms with Crippen molar-refractivity contribution < 1.29 is 14.3 Å². The number of rotatable bonds is 3. The van der Waals surface area contributed by atoms with Crippen LogP contribution in [0.25, 0.3) is 0 Å². The van der Waals surface area contributed by atoms with Gasteiger partial charge in [-0.2, -0.15) is 0 Å². The summed E-state index contributed by atoms with van der Waals surface area (Å²) in [7, 11) is 0. The van der Waals surface area contributed by atoms with Crippen molar-refractivity contribution in [3.8, 4) is 5.75 Å². The Hall–Kier alpha value is -2.02. The Morgan fingerprint density at radius 3 is 2.66 bits per heavy atom. The van der Waals surface area contributed by atoms with Crippen molar-refractivity contribution in [1.82, 2.24) is 5.32 Å².